The van der Waals surface area contributed by atoms with Crippen LogP contribution in [0.15, 0.2) is 66.7 Å². The summed E-state index contributed by atoms with van der Waals surface area (Å²) < 4.78 is 1.20. The van der Waals surface area contributed by atoms with E-state index in [0.717, 1.165) is 40.1 Å². The van der Waals surface area contributed by atoms with Crippen LogP contribution in [0.4, 0.5) is 0 Å². The van der Waals surface area contributed by atoms with Crippen LogP contribution >= 0.6 is 11.3 Å². The van der Waals surface area contributed by atoms with Crippen LogP contribution in [0.3, 0.4) is 0 Å². The number of aryl methyl sites for hydroxylation is 1. The third-order valence-corrected chi connectivity index (χ3v) is 5.64. The summed E-state index contributed by atoms with van der Waals surface area (Å²) >= 11 is 1.76. The highest BCUT2D eigenvalue weighted by Crippen LogP contribution is 2.35. The Labute approximate surface area is 145 Å². The molecule has 0 unspecified atom stereocenters. The minimum atomic E-state index is 0.146. The molecule has 1 aromatic heterocycles. The van der Waals surface area contributed by atoms with Crippen molar-refractivity contribution in [2.75, 3.05) is 0 Å². The second kappa shape index (κ2) is 6.21. The van der Waals surface area contributed by atoms with Gasteiger partial charge in [-0.2, -0.15) is 0 Å². The highest BCUT2D eigenvalue weighted by molar-refractivity contribution is 7.19. The molecule has 0 radical (unpaired) electrons. The molecule has 0 N–H and O–H groups in total. The number of ketones is 1. The molecule has 0 fully saturated rings. The van der Waals surface area contributed by atoms with E-state index < -0.39 is 0 Å². The zero-order valence-electron chi connectivity index (χ0n) is 13.6. The van der Waals surface area contributed by atoms with Crippen molar-refractivity contribution >= 4 is 38.0 Å². The molecule has 0 aliphatic carbocycles. The molecule has 118 valence electrons. The first-order valence-corrected chi connectivity index (χ1v) is 9.14. The Morgan fingerprint density at radius 1 is 0.875 bits per heavy atom. The Morgan fingerprint density at radius 3 is 2.42 bits per heavy atom. The molecule has 0 atom stereocenters. The van der Waals surface area contributed by atoms with Gasteiger partial charge in [0.2, 0.25) is 0 Å². The van der Waals surface area contributed by atoms with Crippen LogP contribution in [-0.2, 0) is 6.42 Å². The molecule has 4 rings (SSSR count). The summed E-state index contributed by atoms with van der Waals surface area (Å²) in [7, 11) is 0. The summed E-state index contributed by atoms with van der Waals surface area (Å²) in [4.78, 5) is 14.6. The highest BCUT2D eigenvalue weighted by atomic mass is 32.1. The van der Waals surface area contributed by atoms with Crippen LogP contribution < -0.4 is 0 Å². The summed E-state index contributed by atoms with van der Waals surface area (Å²) in [6, 6.07) is 22.3. The number of benzene rings is 3. The van der Waals surface area contributed by atoms with Crippen molar-refractivity contribution in [3.63, 3.8) is 0 Å². The van der Waals surface area contributed by atoms with Gasteiger partial charge >= 0.3 is 0 Å². The van der Waals surface area contributed by atoms with Crippen LogP contribution in [0.5, 0.6) is 0 Å². The molecule has 0 spiro atoms. The van der Waals surface area contributed by atoms with Crippen LogP contribution in [0, 0.1) is 0 Å². The average Bonchev–Trinajstić information content (AvgIpc) is 2.99. The first-order valence-electron chi connectivity index (χ1n) is 8.32. The van der Waals surface area contributed by atoms with Gasteiger partial charge < -0.3 is 0 Å². The molecule has 1 nitrogen and oxygen atoms in total. The first-order chi connectivity index (χ1) is 11.8. The van der Waals surface area contributed by atoms with Gasteiger partial charge in [-0.3, -0.25) is 4.79 Å². The Balaban J connectivity index is 1.96. The third-order valence-electron chi connectivity index (χ3n) is 4.41. The largest absolute Gasteiger partial charge is 0.289 e. The van der Waals surface area contributed by atoms with E-state index in [1.165, 1.54) is 9.58 Å². The van der Waals surface area contributed by atoms with E-state index in [2.05, 4.69) is 31.2 Å². The molecule has 1 heterocycles. The lowest BCUT2D eigenvalue weighted by molar-refractivity contribution is 0.104. The van der Waals surface area contributed by atoms with Gasteiger partial charge in [0.1, 0.15) is 0 Å². The van der Waals surface area contributed by atoms with Crippen molar-refractivity contribution < 1.29 is 4.79 Å². The van der Waals surface area contributed by atoms with Gasteiger partial charge in [-0.25, -0.2) is 0 Å². The summed E-state index contributed by atoms with van der Waals surface area (Å²) in [5.74, 6) is 0.146. The molecule has 0 saturated heterocycles. The molecule has 0 aliphatic heterocycles. The second-order valence-corrected chi connectivity index (χ2v) is 7.14. The number of hydrogen-bond acceptors (Lipinski definition) is 2. The zero-order chi connectivity index (χ0) is 16.5. The molecule has 0 aliphatic rings. The van der Waals surface area contributed by atoms with E-state index in [9.17, 15) is 4.79 Å². The van der Waals surface area contributed by atoms with Crippen molar-refractivity contribution in [2.45, 2.75) is 19.8 Å². The van der Waals surface area contributed by atoms with E-state index in [1.807, 2.05) is 42.5 Å². The third kappa shape index (κ3) is 2.44. The standard InChI is InChI=1S/C22H18OS/c1-2-8-20-21(18-12-5-6-14-19(18)24-20)22(23)17-13-7-10-15-9-3-4-11-16(15)17/h3-7,9-14H,2,8H2,1H3. The maximum atomic E-state index is 13.4. The van der Waals surface area contributed by atoms with Crippen LogP contribution in [0.1, 0.15) is 34.1 Å². The van der Waals surface area contributed by atoms with Gasteiger partial charge in [0.25, 0.3) is 0 Å². The van der Waals surface area contributed by atoms with E-state index in [1.54, 1.807) is 11.3 Å². The Kier molecular flexibility index (Phi) is 3.91. The first kappa shape index (κ1) is 15.1. The van der Waals surface area contributed by atoms with Gasteiger partial charge in [-0.15, -0.1) is 11.3 Å². The summed E-state index contributed by atoms with van der Waals surface area (Å²) in [6.45, 7) is 2.16. The second-order valence-electron chi connectivity index (χ2n) is 6.00. The van der Waals surface area contributed by atoms with Crippen LogP contribution in [-0.4, -0.2) is 5.78 Å². The number of hydrogen-bond donors (Lipinski definition) is 0. The van der Waals surface area contributed by atoms with E-state index in [4.69, 9.17) is 0 Å². The van der Waals surface area contributed by atoms with Gasteiger partial charge in [0.05, 0.1) is 0 Å². The van der Waals surface area contributed by atoms with Gasteiger partial charge in [0, 0.05) is 26.1 Å². The summed E-state index contributed by atoms with van der Waals surface area (Å²) in [6.07, 6.45) is 1.99. The molecule has 3 aromatic carbocycles. The quantitative estimate of drug-likeness (QED) is 0.405. The minimum absolute atomic E-state index is 0.146. The fourth-order valence-corrected chi connectivity index (χ4v) is 4.61. The number of thiophene rings is 1. The normalized spacial score (nSPS) is 11.2. The minimum Gasteiger partial charge on any atom is -0.289 e. The summed E-state index contributed by atoms with van der Waals surface area (Å²) in [5.41, 5.74) is 1.70. The van der Waals surface area contributed by atoms with Gasteiger partial charge in [-0.1, -0.05) is 74.0 Å². The Morgan fingerprint density at radius 2 is 1.58 bits per heavy atom. The Hall–Kier alpha value is -2.45. The predicted molar refractivity (Wildman–Crippen MR) is 103 cm³/mol. The van der Waals surface area contributed by atoms with Gasteiger partial charge in [-0.05, 0) is 23.3 Å². The lowest BCUT2D eigenvalue weighted by Crippen LogP contribution is -2.04. The highest BCUT2D eigenvalue weighted by Gasteiger charge is 2.21. The fraction of sp³-hybridized carbons (Fsp3) is 0.136. The fourth-order valence-electron chi connectivity index (χ4n) is 3.31. The lowest BCUT2D eigenvalue weighted by Gasteiger charge is -2.07. The maximum Gasteiger partial charge on any atom is 0.195 e. The molecule has 24 heavy (non-hydrogen) atoms. The molecule has 2 heteroatoms. The number of carbonyl (C=O) groups excluding carboxylic acids is 1. The van der Waals surface area contributed by atoms with Crippen molar-refractivity contribution in [3.8, 4) is 0 Å². The van der Waals surface area contributed by atoms with Crippen molar-refractivity contribution in [1.82, 2.24) is 0 Å². The maximum absolute atomic E-state index is 13.4. The Bertz CT molecular complexity index is 1040. The smallest absolute Gasteiger partial charge is 0.195 e. The predicted octanol–water partition coefficient (Wildman–Crippen LogP) is 6.24. The van der Waals surface area contributed by atoms with Crippen LogP contribution in [0.2, 0.25) is 0 Å². The number of rotatable bonds is 4. The van der Waals surface area contributed by atoms with E-state index >= 15 is 0 Å². The van der Waals surface area contributed by atoms with E-state index in [-0.39, 0.29) is 5.78 Å². The SMILES string of the molecule is CCCc1sc2ccccc2c1C(=O)c1cccc2ccccc12. The van der Waals surface area contributed by atoms with Gasteiger partial charge in [0.15, 0.2) is 5.78 Å². The van der Waals surface area contributed by atoms with Crippen molar-refractivity contribution in [1.29, 1.82) is 0 Å². The molecule has 0 amide bonds. The molecular weight excluding hydrogens is 312 g/mol. The van der Waals surface area contributed by atoms with Crippen molar-refractivity contribution in [2.24, 2.45) is 0 Å². The molecular formula is C22H18OS. The number of carbonyl (C=O) groups is 1. The summed E-state index contributed by atoms with van der Waals surface area (Å²) in [5, 5.41) is 3.23. The molecule has 0 saturated carbocycles. The van der Waals surface area contributed by atoms with Crippen LogP contribution in [0.25, 0.3) is 20.9 Å². The average molecular weight is 330 g/mol. The van der Waals surface area contributed by atoms with E-state index in [0.29, 0.717) is 0 Å². The zero-order valence-corrected chi connectivity index (χ0v) is 14.4. The molecule has 4 aromatic rings. The van der Waals surface area contributed by atoms with Crippen molar-refractivity contribution in [3.05, 3.63) is 82.7 Å². The topological polar surface area (TPSA) is 17.1 Å². The number of fused-ring (bicyclic) bond motifs is 2. The monoisotopic (exact) mass is 330 g/mol. The molecule has 0 bridgehead atoms. The lowest BCUT2D eigenvalue weighted by atomic mass is 9.95.